The number of hydrogen-bond acceptors (Lipinski definition) is 3. The summed E-state index contributed by atoms with van der Waals surface area (Å²) < 4.78 is 0. The molecule has 2 rings (SSSR count). The third-order valence-electron chi connectivity index (χ3n) is 4.82. The highest BCUT2D eigenvalue weighted by Crippen LogP contribution is 2.32. The smallest absolute Gasteiger partial charge is 0.0540 e. The van der Waals surface area contributed by atoms with E-state index in [-0.39, 0.29) is 6.10 Å². The molecule has 0 aromatic rings. The Balaban J connectivity index is 1.85. The van der Waals surface area contributed by atoms with E-state index in [9.17, 15) is 5.11 Å². The molecule has 124 valence electrons. The van der Waals surface area contributed by atoms with Gasteiger partial charge < -0.3 is 15.3 Å². The van der Waals surface area contributed by atoms with Crippen molar-refractivity contribution < 1.29 is 5.11 Å². The Hall–Kier alpha value is -0.120. The van der Waals surface area contributed by atoms with E-state index in [0.29, 0.717) is 17.4 Å². The highest BCUT2D eigenvalue weighted by molar-refractivity contribution is 4.88. The van der Waals surface area contributed by atoms with E-state index in [0.717, 1.165) is 25.3 Å². The molecule has 0 aromatic heterocycles. The molecule has 3 nitrogen and oxygen atoms in total. The van der Waals surface area contributed by atoms with Gasteiger partial charge in [0, 0.05) is 32.2 Å². The normalized spacial score (nSPS) is 29.6. The molecule has 1 aliphatic carbocycles. The Labute approximate surface area is 131 Å². The first-order valence-electron chi connectivity index (χ1n) is 8.99. The van der Waals surface area contributed by atoms with E-state index in [1.54, 1.807) is 0 Å². The molecule has 0 bridgehead atoms. The molecule has 1 aliphatic heterocycles. The van der Waals surface area contributed by atoms with Gasteiger partial charge in [-0.25, -0.2) is 0 Å². The van der Waals surface area contributed by atoms with Crippen LogP contribution in [0.2, 0.25) is 0 Å². The molecule has 3 heteroatoms. The minimum absolute atomic E-state index is 0.112. The van der Waals surface area contributed by atoms with Gasteiger partial charge in [-0.3, -0.25) is 0 Å². The van der Waals surface area contributed by atoms with Gasteiger partial charge in [-0.15, -0.1) is 0 Å². The lowest BCUT2D eigenvalue weighted by molar-refractivity contribution is 0.0796. The average Bonchev–Trinajstić information content (AvgIpc) is 3.19. The van der Waals surface area contributed by atoms with Crippen LogP contribution in [0.25, 0.3) is 0 Å². The SMILES string of the molecule is CCC(O)CC1CC(NCC(C)(C)C)CN(CC2CC2)C1. The van der Waals surface area contributed by atoms with Crippen LogP contribution in [-0.4, -0.2) is 48.3 Å². The van der Waals surface area contributed by atoms with Gasteiger partial charge in [0.1, 0.15) is 0 Å². The molecule has 1 heterocycles. The van der Waals surface area contributed by atoms with Crippen LogP contribution in [0.15, 0.2) is 0 Å². The summed E-state index contributed by atoms with van der Waals surface area (Å²) in [6.07, 6.45) is 5.84. The summed E-state index contributed by atoms with van der Waals surface area (Å²) in [6.45, 7) is 13.7. The molecule has 2 fully saturated rings. The first kappa shape index (κ1) is 17.2. The topological polar surface area (TPSA) is 35.5 Å². The largest absolute Gasteiger partial charge is 0.393 e. The Morgan fingerprint density at radius 2 is 1.90 bits per heavy atom. The van der Waals surface area contributed by atoms with Crippen LogP contribution in [0.1, 0.15) is 59.8 Å². The van der Waals surface area contributed by atoms with Crippen LogP contribution in [0.4, 0.5) is 0 Å². The number of nitrogens with one attached hydrogen (secondary N) is 1. The molecule has 3 atom stereocenters. The van der Waals surface area contributed by atoms with Crippen molar-refractivity contribution in [2.24, 2.45) is 17.3 Å². The highest BCUT2D eigenvalue weighted by Gasteiger charge is 2.32. The zero-order chi connectivity index (χ0) is 15.5. The van der Waals surface area contributed by atoms with Crippen molar-refractivity contribution in [1.82, 2.24) is 10.2 Å². The summed E-state index contributed by atoms with van der Waals surface area (Å²) >= 11 is 0. The first-order valence-corrected chi connectivity index (χ1v) is 8.99. The third-order valence-corrected chi connectivity index (χ3v) is 4.82. The minimum Gasteiger partial charge on any atom is -0.393 e. The number of nitrogens with zero attached hydrogens (tertiary/aromatic N) is 1. The third kappa shape index (κ3) is 6.66. The Kier molecular flexibility index (Phi) is 6.10. The van der Waals surface area contributed by atoms with E-state index in [4.69, 9.17) is 0 Å². The standard InChI is InChI=1S/C18H36N2O/c1-5-17(21)9-15-8-16(19-13-18(2,3)4)12-20(11-15)10-14-6-7-14/h14-17,19,21H,5-13H2,1-4H3. The Morgan fingerprint density at radius 3 is 2.48 bits per heavy atom. The van der Waals surface area contributed by atoms with Gasteiger partial charge in [0.25, 0.3) is 0 Å². The second-order valence-corrected chi connectivity index (χ2v) is 8.70. The predicted molar refractivity (Wildman–Crippen MR) is 89.4 cm³/mol. The van der Waals surface area contributed by atoms with Crippen molar-refractivity contribution in [3.05, 3.63) is 0 Å². The summed E-state index contributed by atoms with van der Waals surface area (Å²) in [6, 6.07) is 0.603. The van der Waals surface area contributed by atoms with Gasteiger partial charge in [-0.1, -0.05) is 27.7 Å². The molecule has 21 heavy (non-hydrogen) atoms. The zero-order valence-corrected chi connectivity index (χ0v) is 14.6. The Morgan fingerprint density at radius 1 is 1.19 bits per heavy atom. The lowest BCUT2D eigenvalue weighted by Gasteiger charge is -2.40. The molecule has 0 radical (unpaired) electrons. The maximum absolute atomic E-state index is 10.00. The van der Waals surface area contributed by atoms with Gasteiger partial charge in [0.2, 0.25) is 0 Å². The van der Waals surface area contributed by atoms with Crippen molar-refractivity contribution >= 4 is 0 Å². The summed E-state index contributed by atoms with van der Waals surface area (Å²) in [5.74, 6) is 1.62. The fourth-order valence-corrected chi connectivity index (χ4v) is 3.44. The monoisotopic (exact) mass is 296 g/mol. The number of piperidine rings is 1. The van der Waals surface area contributed by atoms with Crippen LogP contribution < -0.4 is 5.32 Å². The second-order valence-electron chi connectivity index (χ2n) is 8.70. The van der Waals surface area contributed by atoms with E-state index in [1.165, 1.54) is 38.9 Å². The van der Waals surface area contributed by atoms with Gasteiger partial charge in [0.05, 0.1) is 6.10 Å². The number of rotatable bonds is 7. The van der Waals surface area contributed by atoms with Crippen molar-refractivity contribution in [2.45, 2.75) is 71.9 Å². The van der Waals surface area contributed by atoms with Crippen LogP contribution in [0.5, 0.6) is 0 Å². The molecular formula is C18H36N2O. The van der Waals surface area contributed by atoms with Crippen molar-refractivity contribution in [3.63, 3.8) is 0 Å². The number of hydrogen-bond donors (Lipinski definition) is 2. The summed E-state index contributed by atoms with van der Waals surface area (Å²) in [4.78, 5) is 2.66. The fraction of sp³-hybridized carbons (Fsp3) is 1.00. The number of aliphatic hydroxyl groups excluding tert-OH is 1. The number of likely N-dealkylation sites (tertiary alicyclic amines) is 1. The molecule has 2 aliphatic rings. The molecule has 1 saturated heterocycles. The lowest BCUT2D eigenvalue weighted by atomic mass is 9.88. The van der Waals surface area contributed by atoms with E-state index >= 15 is 0 Å². The van der Waals surface area contributed by atoms with Crippen molar-refractivity contribution in [3.8, 4) is 0 Å². The van der Waals surface area contributed by atoms with Gasteiger partial charge in [-0.2, -0.15) is 0 Å². The summed E-state index contributed by atoms with van der Waals surface area (Å²) in [5.41, 5.74) is 0.344. The lowest BCUT2D eigenvalue weighted by Crippen LogP contribution is -2.51. The summed E-state index contributed by atoms with van der Waals surface area (Å²) in [7, 11) is 0. The number of aliphatic hydroxyl groups is 1. The second kappa shape index (κ2) is 7.43. The zero-order valence-electron chi connectivity index (χ0n) is 14.6. The van der Waals surface area contributed by atoms with Gasteiger partial charge >= 0.3 is 0 Å². The highest BCUT2D eigenvalue weighted by atomic mass is 16.3. The quantitative estimate of drug-likeness (QED) is 0.758. The van der Waals surface area contributed by atoms with E-state index < -0.39 is 0 Å². The average molecular weight is 296 g/mol. The van der Waals surface area contributed by atoms with E-state index in [2.05, 4.69) is 37.9 Å². The van der Waals surface area contributed by atoms with Crippen molar-refractivity contribution in [1.29, 1.82) is 0 Å². The molecule has 3 unspecified atom stereocenters. The minimum atomic E-state index is -0.112. The maximum Gasteiger partial charge on any atom is 0.0540 e. The van der Waals surface area contributed by atoms with Crippen LogP contribution in [0.3, 0.4) is 0 Å². The van der Waals surface area contributed by atoms with Gasteiger partial charge in [0.15, 0.2) is 0 Å². The van der Waals surface area contributed by atoms with Crippen molar-refractivity contribution in [2.75, 3.05) is 26.2 Å². The van der Waals surface area contributed by atoms with E-state index in [1.807, 2.05) is 0 Å². The first-order chi connectivity index (χ1) is 9.85. The molecule has 0 aromatic carbocycles. The molecular weight excluding hydrogens is 260 g/mol. The van der Waals surface area contributed by atoms with Crippen LogP contribution in [-0.2, 0) is 0 Å². The Bertz CT molecular complexity index is 309. The van der Waals surface area contributed by atoms with Crippen LogP contribution in [0, 0.1) is 17.3 Å². The molecule has 2 N–H and O–H groups in total. The molecule has 0 spiro atoms. The van der Waals surface area contributed by atoms with Gasteiger partial charge in [-0.05, 0) is 49.4 Å². The van der Waals surface area contributed by atoms with Crippen LogP contribution >= 0.6 is 0 Å². The fourth-order valence-electron chi connectivity index (χ4n) is 3.44. The molecule has 0 amide bonds. The predicted octanol–water partition coefficient (Wildman–Crippen LogP) is 2.88. The molecule has 1 saturated carbocycles. The summed E-state index contributed by atoms with van der Waals surface area (Å²) in [5, 5.41) is 13.8. The maximum atomic E-state index is 10.00.